The van der Waals surface area contributed by atoms with E-state index < -0.39 is 17.7 Å². The molecule has 0 bridgehead atoms. The minimum Gasteiger partial charge on any atom is -0.465 e. The molecular formula is C28H24FN7O3. The zero-order valence-electron chi connectivity index (χ0n) is 21.0. The number of pyridine rings is 2. The van der Waals surface area contributed by atoms with Gasteiger partial charge in [0.15, 0.2) is 5.65 Å². The summed E-state index contributed by atoms with van der Waals surface area (Å²) in [5, 5.41) is 12.9. The van der Waals surface area contributed by atoms with Crippen LogP contribution in [0.2, 0.25) is 0 Å². The number of hydrogen-bond donors (Lipinski definition) is 1. The minimum absolute atomic E-state index is 0.0910. The van der Waals surface area contributed by atoms with Crippen molar-refractivity contribution < 1.29 is 18.7 Å². The largest absolute Gasteiger partial charge is 0.465 e. The Balaban J connectivity index is 1.42. The second kappa shape index (κ2) is 10.2. The molecule has 1 N–H and O–H groups in total. The Labute approximate surface area is 222 Å². The number of ether oxygens (including phenoxy) is 1. The predicted molar refractivity (Wildman–Crippen MR) is 142 cm³/mol. The summed E-state index contributed by atoms with van der Waals surface area (Å²) in [7, 11) is 1.32. The molecule has 39 heavy (non-hydrogen) atoms. The van der Waals surface area contributed by atoms with Crippen molar-refractivity contribution in [2.24, 2.45) is 0 Å². The zero-order chi connectivity index (χ0) is 26.9. The topological polar surface area (TPSA) is 115 Å². The molecule has 0 unspecified atom stereocenters. The van der Waals surface area contributed by atoms with E-state index in [1.165, 1.54) is 23.9 Å². The Morgan fingerprint density at radius 2 is 2.00 bits per heavy atom. The molecule has 10 nitrogen and oxygen atoms in total. The second-order valence-electron chi connectivity index (χ2n) is 9.25. The Bertz CT molecular complexity index is 1710. The van der Waals surface area contributed by atoms with E-state index in [4.69, 9.17) is 4.74 Å². The van der Waals surface area contributed by atoms with Crippen LogP contribution in [0.3, 0.4) is 0 Å². The molecule has 0 spiro atoms. The maximum Gasteiger partial charge on any atom is 0.337 e. The Hall–Kier alpha value is -4.77. The standard InChI is InChI=1S/C28H24FN7O3/c1-39-28(38)18-6-8-21-17(14-18)10-13-32-25(21)35(20-4-2-11-30-16-20)27(37)22-9-7-19(15-23(22)29)36-26-24(33-34-36)5-3-12-31-26/h3,5-10,12-15,20,30H,2,4,11,16H2,1H3/t20-/m1/s1. The fourth-order valence-corrected chi connectivity index (χ4v) is 4.97. The monoisotopic (exact) mass is 525 g/mol. The van der Waals surface area contributed by atoms with Crippen molar-refractivity contribution >= 4 is 39.6 Å². The number of hydrogen-bond acceptors (Lipinski definition) is 8. The van der Waals surface area contributed by atoms with Gasteiger partial charge in [-0.25, -0.2) is 19.2 Å². The molecule has 1 aliphatic rings. The van der Waals surface area contributed by atoms with Crippen molar-refractivity contribution in [1.82, 2.24) is 30.3 Å². The number of halogens is 1. The summed E-state index contributed by atoms with van der Waals surface area (Å²) >= 11 is 0. The van der Waals surface area contributed by atoms with Gasteiger partial charge in [-0.15, -0.1) is 5.10 Å². The number of benzene rings is 2. The third kappa shape index (κ3) is 4.46. The molecular weight excluding hydrogens is 501 g/mol. The van der Waals surface area contributed by atoms with Crippen LogP contribution < -0.4 is 10.2 Å². The van der Waals surface area contributed by atoms with E-state index in [2.05, 4.69) is 25.6 Å². The highest BCUT2D eigenvalue weighted by atomic mass is 19.1. The Morgan fingerprint density at radius 1 is 1.10 bits per heavy atom. The average molecular weight is 526 g/mol. The van der Waals surface area contributed by atoms with Crippen LogP contribution in [0.25, 0.3) is 27.6 Å². The number of carbonyl (C=O) groups excluding carboxylic acids is 2. The summed E-state index contributed by atoms with van der Waals surface area (Å²) in [5.74, 6) is -1.26. The molecule has 6 rings (SSSR count). The lowest BCUT2D eigenvalue weighted by Gasteiger charge is -2.34. The first kappa shape index (κ1) is 24.6. The van der Waals surface area contributed by atoms with Gasteiger partial charge in [-0.2, -0.15) is 4.68 Å². The number of rotatable bonds is 5. The first-order valence-electron chi connectivity index (χ1n) is 12.5. The zero-order valence-corrected chi connectivity index (χ0v) is 21.0. The number of anilines is 1. The average Bonchev–Trinajstić information content (AvgIpc) is 3.41. The van der Waals surface area contributed by atoms with Crippen molar-refractivity contribution in [3.63, 3.8) is 0 Å². The molecule has 4 heterocycles. The van der Waals surface area contributed by atoms with Crippen molar-refractivity contribution in [3.8, 4) is 5.69 Å². The summed E-state index contributed by atoms with van der Waals surface area (Å²) in [6.07, 6.45) is 4.78. The molecule has 2 aromatic carbocycles. The van der Waals surface area contributed by atoms with Crippen molar-refractivity contribution in [1.29, 1.82) is 0 Å². The highest BCUT2D eigenvalue weighted by molar-refractivity contribution is 6.11. The van der Waals surface area contributed by atoms with Crippen LogP contribution in [-0.4, -0.2) is 63.1 Å². The molecule has 0 radical (unpaired) electrons. The molecule has 5 aromatic rings. The number of aromatic nitrogens is 5. The molecule has 1 aliphatic heterocycles. The van der Waals surface area contributed by atoms with Crippen molar-refractivity contribution in [2.75, 3.05) is 25.1 Å². The summed E-state index contributed by atoms with van der Waals surface area (Å²) in [6.45, 7) is 1.38. The molecule has 0 saturated carbocycles. The van der Waals surface area contributed by atoms with Crippen LogP contribution in [0.1, 0.15) is 33.6 Å². The van der Waals surface area contributed by atoms with Crippen LogP contribution in [-0.2, 0) is 4.74 Å². The molecule has 1 atom stereocenters. The minimum atomic E-state index is -0.695. The third-order valence-corrected chi connectivity index (χ3v) is 6.88. The number of carbonyl (C=O) groups is 2. The number of amides is 1. The molecule has 1 fully saturated rings. The first-order chi connectivity index (χ1) is 19.0. The van der Waals surface area contributed by atoms with E-state index in [0.29, 0.717) is 45.5 Å². The third-order valence-electron chi connectivity index (χ3n) is 6.88. The van der Waals surface area contributed by atoms with Gasteiger partial charge in [0.1, 0.15) is 17.2 Å². The van der Waals surface area contributed by atoms with E-state index in [1.54, 1.807) is 59.8 Å². The first-order valence-corrected chi connectivity index (χ1v) is 12.5. The smallest absolute Gasteiger partial charge is 0.337 e. The van der Waals surface area contributed by atoms with Gasteiger partial charge >= 0.3 is 5.97 Å². The number of fused-ring (bicyclic) bond motifs is 2. The lowest BCUT2D eigenvalue weighted by molar-refractivity contribution is 0.0600. The lowest BCUT2D eigenvalue weighted by atomic mass is 10.0. The molecule has 1 amide bonds. The van der Waals surface area contributed by atoms with Crippen LogP contribution in [0, 0.1) is 5.82 Å². The van der Waals surface area contributed by atoms with Gasteiger partial charge < -0.3 is 10.1 Å². The molecule has 1 saturated heterocycles. The van der Waals surface area contributed by atoms with Crippen LogP contribution in [0.5, 0.6) is 0 Å². The number of nitrogens with zero attached hydrogens (tertiary/aromatic N) is 6. The van der Waals surface area contributed by atoms with Crippen molar-refractivity contribution in [2.45, 2.75) is 18.9 Å². The summed E-state index contributed by atoms with van der Waals surface area (Å²) in [4.78, 5) is 36.5. The normalized spacial score (nSPS) is 15.4. The molecule has 11 heteroatoms. The Morgan fingerprint density at radius 3 is 2.79 bits per heavy atom. The van der Waals surface area contributed by atoms with Crippen LogP contribution in [0.4, 0.5) is 10.2 Å². The summed E-state index contributed by atoms with van der Waals surface area (Å²) < 4.78 is 21.9. The van der Waals surface area contributed by atoms with Crippen LogP contribution in [0.15, 0.2) is 67.0 Å². The fraction of sp³-hybridized carbons (Fsp3) is 0.214. The maximum atomic E-state index is 15.6. The van der Waals surface area contributed by atoms with E-state index in [1.807, 2.05) is 0 Å². The van der Waals surface area contributed by atoms with Gasteiger partial charge in [0.25, 0.3) is 5.91 Å². The quantitative estimate of drug-likeness (QED) is 0.346. The molecule has 3 aromatic heterocycles. The van der Waals surface area contributed by atoms with Gasteiger partial charge in [0.2, 0.25) is 0 Å². The van der Waals surface area contributed by atoms with Gasteiger partial charge in [-0.1, -0.05) is 5.21 Å². The Kier molecular flexibility index (Phi) is 6.41. The SMILES string of the molecule is COC(=O)c1ccc2c(N(C(=O)c3ccc(-n4nnc5cccnc54)cc3F)[C@@H]3CCCNC3)nccc2c1. The van der Waals surface area contributed by atoms with Gasteiger partial charge in [-0.3, -0.25) is 9.69 Å². The fourth-order valence-electron chi connectivity index (χ4n) is 4.97. The van der Waals surface area contributed by atoms with E-state index >= 15 is 4.39 Å². The lowest BCUT2D eigenvalue weighted by Crippen LogP contribution is -2.49. The summed E-state index contributed by atoms with van der Waals surface area (Å²) in [5.41, 5.74) is 1.75. The number of nitrogens with one attached hydrogen (secondary N) is 1. The number of piperidine rings is 1. The van der Waals surface area contributed by atoms with E-state index in [9.17, 15) is 9.59 Å². The molecule has 196 valence electrons. The molecule has 0 aliphatic carbocycles. The maximum absolute atomic E-state index is 15.6. The predicted octanol–water partition coefficient (Wildman–Crippen LogP) is 3.69. The number of esters is 1. The van der Waals surface area contributed by atoms with Gasteiger partial charge in [0, 0.05) is 30.4 Å². The van der Waals surface area contributed by atoms with Crippen LogP contribution >= 0.6 is 0 Å². The summed E-state index contributed by atoms with van der Waals surface area (Å²) in [6, 6.07) is 14.4. The van der Waals surface area contributed by atoms with E-state index in [-0.39, 0.29) is 11.6 Å². The van der Waals surface area contributed by atoms with Gasteiger partial charge in [-0.05, 0) is 73.3 Å². The van der Waals surface area contributed by atoms with E-state index in [0.717, 1.165) is 19.4 Å². The number of methoxy groups -OCH3 is 1. The van der Waals surface area contributed by atoms with Crippen molar-refractivity contribution in [3.05, 3.63) is 83.9 Å². The second-order valence-corrected chi connectivity index (χ2v) is 9.25. The highest BCUT2D eigenvalue weighted by Gasteiger charge is 2.31. The highest BCUT2D eigenvalue weighted by Crippen LogP contribution is 2.31. The van der Waals surface area contributed by atoms with Gasteiger partial charge in [0.05, 0.1) is 30.0 Å².